The van der Waals surface area contributed by atoms with Gasteiger partial charge in [0.05, 0.1) is 12.6 Å². The van der Waals surface area contributed by atoms with Gasteiger partial charge in [0.25, 0.3) is 0 Å². The molecule has 0 aromatic heterocycles. The second-order valence-corrected chi connectivity index (χ2v) is 6.33. The molecule has 1 aliphatic rings. The molecule has 1 N–H and O–H groups in total. The van der Waals surface area contributed by atoms with Gasteiger partial charge in [-0.05, 0) is 19.3 Å². The normalized spacial score (nSPS) is 23.6. The third-order valence-corrected chi connectivity index (χ3v) is 3.55. The predicted molar refractivity (Wildman–Crippen MR) is 71.8 cm³/mol. The van der Waals surface area contributed by atoms with E-state index in [4.69, 9.17) is 4.74 Å². The van der Waals surface area contributed by atoms with Gasteiger partial charge < -0.3 is 10.1 Å². The van der Waals surface area contributed by atoms with Crippen LogP contribution in [-0.2, 0) is 11.0 Å². The van der Waals surface area contributed by atoms with Gasteiger partial charge in [0, 0.05) is 17.7 Å². The minimum Gasteiger partial charge on any atom is -0.496 e. The van der Waals surface area contributed by atoms with Crippen LogP contribution in [-0.4, -0.2) is 13.7 Å². The van der Waals surface area contributed by atoms with Crippen LogP contribution in [0.3, 0.4) is 0 Å². The van der Waals surface area contributed by atoms with Crippen molar-refractivity contribution in [3.8, 4) is 5.75 Å². The summed E-state index contributed by atoms with van der Waals surface area (Å²) in [6, 6.07) is 4.49. The molecule has 0 aliphatic carbocycles. The molecule has 1 fully saturated rings. The van der Waals surface area contributed by atoms with Crippen LogP contribution in [0.15, 0.2) is 12.1 Å². The van der Waals surface area contributed by atoms with E-state index in [-0.39, 0.29) is 11.0 Å². The first kappa shape index (κ1) is 12.4. The Morgan fingerprint density at radius 1 is 1.29 bits per heavy atom. The lowest BCUT2D eigenvalue weighted by Crippen LogP contribution is -2.17. The highest BCUT2D eigenvalue weighted by molar-refractivity contribution is 5.52. The molecule has 1 saturated heterocycles. The van der Waals surface area contributed by atoms with Crippen molar-refractivity contribution < 1.29 is 4.74 Å². The summed E-state index contributed by atoms with van der Waals surface area (Å²) < 4.78 is 5.68. The van der Waals surface area contributed by atoms with Crippen molar-refractivity contribution >= 4 is 0 Å². The maximum atomic E-state index is 5.68. The van der Waals surface area contributed by atoms with E-state index < -0.39 is 0 Å². The smallest absolute Gasteiger partial charge is 0.127 e. The van der Waals surface area contributed by atoms with Crippen molar-refractivity contribution in [3.05, 3.63) is 28.8 Å². The maximum absolute atomic E-state index is 5.68. The van der Waals surface area contributed by atoms with Crippen molar-refractivity contribution in [2.75, 3.05) is 13.7 Å². The Morgan fingerprint density at radius 2 is 1.88 bits per heavy atom. The largest absolute Gasteiger partial charge is 0.496 e. The molecule has 2 rings (SSSR count). The molecule has 1 aromatic rings. The first-order valence-electron chi connectivity index (χ1n) is 6.22. The highest BCUT2D eigenvalue weighted by atomic mass is 16.5. The highest BCUT2D eigenvalue weighted by Gasteiger charge is 2.42. The molecule has 0 saturated carbocycles. The Labute approximate surface area is 104 Å². The molecule has 0 amide bonds. The average Bonchev–Trinajstić information content (AvgIpc) is 2.95. The lowest BCUT2D eigenvalue weighted by atomic mass is 9.82. The third kappa shape index (κ3) is 2.19. The van der Waals surface area contributed by atoms with E-state index in [1.807, 2.05) is 0 Å². The topological polar surface area (TPSA) is 31.2 Å². The molecule has 2 nitrogen and oxygen atoms in total. The number of hydrogen-bond acceptors (Lipinski definition) is 2. The van der Waals surface area contributed by atoms with E-state index in [2.05, 4.69) is 52.1 Å². The summed E-state index contributed by atoms with van der Waals surface area (Å²) in [5.41, 5.74) is 4.12. The van der Waals surface area contributed by atoms with Gasteiger partial charge in [-0.3, -0.25) is 0 Å². The Balaban J connectivity index is 2.64. The van der Waals surface area contributed by atoms with Crippen LogP contribution in [0.1, 0.15) is 44.4 Å². The molecule has 1 aromatic carbocycles. The van der Waals surface area contributed by atoms with Crippen LogP contribution in [0.2, 0.25) is 0 Å². The minimum absolute atomic E-state index is 0.108. The van der Waals surface area contributed by atoms with E-state index >= 15 is 0 Å². The molecular weight excluding hydrogens is 210 g/mol. The van der Waals surface area contributed by atoms with E-state index in [0.717, 1.165) is 12.3 Å². The van der Waals surface area contributed by atoms with Crippen molar-refractivity contribution in [1.29, 1.82) is 0 Å². The van der Waals surface area contributed by atoms with Crippen molar-refractivity contribution in [3.63, 3.8) is 0 Å². The first-order valence-corrected chi connectivity index (χ1v) is 6.22. The van der Waals surface area contributed by atoms with Gasteiger partial charge in [-0.15, -0.1) is 0 Å². The van der Waals surface area contributed by atoms with Gasteiger partial charge >= 0.3 is 0 Å². The molecule has 0 radical (unpaired) electrons. The summed E-state index contributed by atoms with van der Waals surface area (Å²) in [5.74, 6) is 1.05. The maximum Gasteiger partial charge on any atom is 0.127 e. The molecule has 2 heteroatoms. The Morgan fingerprint density at radius 3 is 2.29 bits per heavy atom. The fraction of sp³-hybridized carbons (Fsp3) is 0.600. The van der Waals surface area contributed by atoms with E-state index in [1.165, 1.54) is 16.7 Å². The third-order valence-electron chi connectivity index (χ3n) is 3.55. The molecule has 94 valence electrons. The molecular formula is C15H23NO. The van der Waals surface area contributed by atoms with E-state index in [1.54, 1.807) is 7.11 Å². The number of benzene rings is 1. The summed E-state index contributed by atoms with van der Waals surface area (Å²) in [6.07, 6.45) is 0. The van der Waals surface area contributed by atoms with Crippen molar-refractivity contribution in [1.82, 2.24) is 5.32 Å². The SMILES string of the molecule is COc1c(C(C)(C)C)cc(C)cc1C1(C)CN1. The van der Waals surface area contributed by atoms with E-state index in [0.29, 0.717) is 0 Å². The number of nitrogens with one attached hydrogen (secondary N) is 1. The summed E-state index contributed by atoms with van der Waals surface area (Å²) in [6.45, 7) is 12.1. The second-order valence-electron chi connectivity index (χ2n) is 6.33. The van der Waals surface area contributed by atoms with Crippen LogP contribution in [0, 0.1) is 6.92 Å². The molecule has 1 heterocycles. The van der Waals surface area contributed by atoms with Gasteiger partial charge in [0.2, 0.25) is 0 Å². The molecule has 0 bridgehead atoms. The number of ether oxygens (including phenoxy) is 1. The minimum atomic E-state index is 0.108. The van der Waals surface area contributed by atoms with E-state index in [9.17, 15) is 0 Å². The molecule has 1 atom stereocenters. The van der Waals surface area contributed by atoms with Crippen molar-refractivity contribution in [2.24, 2.45) is 0 Å². The fourth-order valence-corrected chi connectivity index (χ4v) is 2.28. The average molecular weight is 233 g/mol. The van der Waals surface area contributed by atoms with Crippen molar-refractivity contribution in [2.45, 2.75) is 45.6 Å². The number of methoxy groups -OCH3 is 1. The lowest BCUT2D eigenvalue weighted by molar-refractivity contribution is 0.388. The van der Waals surface area contributed by atoms with Gasteiger partial charge in [-0.1, -0.05) is 38.5 Å². The van der Waals surface area contributed by atoms with Crippen LogP contribution >= 0.6 is 0 Å². The summed E-state index contributed by atoms with van der Waals surface area (Å²) in [4.78, 5) is 0. The molecule has 1 unspecified atom stereocenters. The quantitative estimate of drug-likeness (QED) is 0.796. The zero-order valence-electron chi connectivity index (χ0n) is 11.8. The lowest BCUT2D eigenvalue weighted by Gasteiger charge is -2.26. The summed E-state index contributed by atoms with van der Waals surface area (Å²) in [7, 11) is 1.77. The Bertz CT molecular complexity index is 412. The fourth-order valence-electron chi connectivity index (χ4n) is 2.28. The van der Waals surface area contributed by atoms with Gasteiger partial charge in [0.15, 0.2) is 0 Å². The first-order chi connectivity index (χ1) is 7.78. The highest BCUT2D eigenvalue weighted by Crippen LogP contribution is 2.42. The van der Waals surface area contributed by atoms with Gasteiger partial charge in [-0.2, -0.15) is 0 Å². The zero-order chi connectivity index (χ0) is 12.8. The summed E-state index contributed by atoms with van der Waals surface area (Å²) >= 11 is 0. The molecule has 17 heavy (non-hydrogen) atoms. The molecule has 0 spiro atoms. The number of aryl methyl sites for hydroxylation is 1. The Kier molecular flexibility index (Phi) is 2.74. The van der Waals surface area contributed by atoms with Gasteiger partial charge in [0.1, 0.15) is 5.75 Å². The van der Waals surface area contributed by atoms with Crippen LogP contribution in [0.25, 0.3) is 0 Å². The second kappa shape index (κ2) is 3.74. The monoisotopic (exact) mass is 233 g/mol. The Hall–Kier alpha value is -1.02. The predicted octanol–water partition coefficient (Wildman–Crippen LogP) is 3.12. The number of hydrogen-bond donors (Lipinski definition) is 1. The van der Waals surface area contributed by atoms with Crippen LogP contribution in [0.5, 0.6) is 5.75 Å². The van der Waals surface area contributed by atoms with Gasteiger partial charge in [-0.25, -0.2) is 0 Å². The standard InChI is InChI=1S/C15H23NO/c1-10-7-11(14(2,3)4)13(17-6)12(8-10)15(5)9-16-15/h7-8,16H,9H2,1-6H3. The zero-order valence-corrected chi connectivity index (χ0v) is 11.8. The van der Waals surface area contributed by atoms with Crippen LogP contribution in [0.4, 0.5) is 0 Å². The summed E-state index contributed by atoms with van der Waals surface area (Å²) in [5, 5.41) is 3.43. The molecule has 1 aliphatic heterocycles. The van der Waals surface area contributed by atoms with Crippen LogP contribution < -0.4 is 10.1 Å². The number of rotatable bonds is 2.